The van der Waals surface area contributed by atoms with E-state index < -0.39 is 10.0 Å². The van der Waals surface area contributed by atoms with Gasteiger partial charge < -0.3 is 15.0 Å². The average molecular weight is 500 g/mol. The zero-order chi connectivity index (χ0) is 23.5. The molecule has 0 radical (unpaired) electrons. The summed E-state index contributed by atoms with van der Waals surface area (Å²) in [6.07, 6.45) is 1.72. The first-order valence-corrected chi connectivity index (χ1v) is 12.6. The molecule has 0 aliphatic rings. The van der Waals surface area contributed by atoms with Gasteiger partial charge in [-0.15, -0.1) is 0 Å². The van der Waals surface area contributed by atoms with Gasteiger partial charge in [0.1, 0.15) is 11.3 Å². The lowest BCUT2D eigenvalue weighted by atomic mass is 10.2. The normalized spacial score (nSPS) is 11.9. The number of unbranched alkanes of at least 4 members (excludes halogenated alkanes) is 1. The molecule has 0 saturated heterocycles. The van der Waals surface area contributed by atoms with Gasteiger partial charge in [0.25, 0.3) is 0 Å². The van der Waals surface area contributed by atoms with Crippen LogP contribution in [-0.2, 0) is 27.7 Å². The summed E-state index contributed by atoms with van der Waals surface area (Å²) >= 11 is 11.9. The number of hydrogen-bond donors (Lipinski definition) is 2. The molecule has 0 fully saturated rings. The number of rotatable bonds is 10. The summed E-state index contributed by atoms with van der Waals surface area (Å²) < 4.78 is 34.8. The minimum atomic E-state index is -3.55. The summed E-state index contributed by atoms with van der Waals surface area (Å²) in [7, 11) is -1.91. The van der Waals surface area contributed by atoms with Gasteiger partial charge in [0.15, 0.2) is 5.82 Å². The Labute approximate surface area is 198 Å². The second-order valence-corrected chi connectivity index (χ2v) is 10.3. The number of fused-ring (bicyclic) bond motifs is 1. The highest BCUT2D eigenvalue weighted by Gasteiger charge is 2.18. The van der Waals surface area contributed by atoms with Gasteiger partial charge in [0, 0.05) is 30.8 Å². The number of nitrogen functional groups attached to an aromatic ring is 1. The van der Waals surface area contributed by atoms with Crippen molar-refractivity contribution in [3.8, 4) is 0 Å². The largest absolute Gasteiger partial charge is 0.384 e. The van der Waals surface area contributed by atoms with E-state index in [9.17, 15) is 8.42 Å². The topological polar surface area (TPSA) is 112 Å². The number of aromatic nitrogens is 3. The van der Waals surface area contributed by atoms with Crippen molar-refractivity contribution >= 4 is 55.8 Å². The van der Waals surface area contributed by atoms with Crippen LogP contribution in [0.5, 0.6) is 0 Å². The first-order chi connectivity index (χ1) is 15.1. The van der Waals surface area contributed by atoms with E-state index in [2.05, 4.69) is 14.3 Å². The summed E-state index contributed by atoms with van der Waals surface area (Å²) in [6, 6.07) is 4.63. The van der Waals surface area contributed by atoms with Crippen LogP contribution in [0.3, 0.4) is 0 Å². The molecule has 2 aromatic heterocycles. The number of nitrogens with two attached hydrogens (primary N) is 1. The smallest absolute Gasteiger partial charge is 0.232 e. The molecular weight excluding hydrogens is 473 g/mol. The number of benzene rings is 1. The Morgan fingerprint density at radius 2 is 1.94 bits per heavy atom. The van der Waals surface area contributed by atoms with Crippen LogP contribution in [0, 0.1) is 13.8 Å². The number of sulfonamides is 1. The van der Waals surface area contributed by atoms with Crippen LogP contribution in [0.2, 0.25) is 10.0 Å². The van der Waals surface area contributed by atoms with E-state index in [0.717, 1.165) is 22.6 Å². The van der Waals surface area contributed by atoms with Crippen molar-refractivity contribution in [1.82, 2.24) is 14.5 Å². The van der Waals surface area contributed by atoms with Crippen molar-refractivity contribution < 1.29 is 13.2 Å². The number of imidazole rings is 1. The Balaban J connectivity index is 1.72. The van der Waals surface area contributed by atoms with Crippen molar-refractivity contribution in [3.05, 3.63) is 45.3 Å². The monoisotopic (exact) mass is 499 g/mol. The minimum Gasteiger partial charge on any atom is -0.384 e. The molecule has 0 aliphatic carbocycles. The molecule has 3 aromatic rings. The quantitative estimate of drug-likeness (QED) is 0.401. The van der Waals surface area contributed by atoms with Gasteiger partial charge >= 0.3 is 0 Å². The predicted octanol–water partition coefficient (Wildman–Crippen LogP) is 4.35. The molecule has 3 rings (SSSR count). The van der Waals surface area contributed by atoms with Gasteiger partial charge in [0.2, 0.25) is 10.0 Å². The Kier molecular flexibility index (Phi) is 7.87. The van der Waals surface area contributed by atoms with Gasteiger partial charge in [-0.05, 0) is 50.5 Å². The molecule has 174 valence electrons. The minimum absolute atomic E-state index is 0.0340. The molecule has 0 bridgehead atoms. The Hall–Kier alpha value is -2.07. The maximum Gasteiger partial charge on any atom is 0.232 e. The number of hydrogen-bond acceptors (Lipinski definition) is 6. The Morgan fingerprint density at radius 1 is 1.19 bits per heavy atom. The maximum absolute atomic E-state index is 12.5. The van der Waals surface area contributed by atoms with Crippen molar-refractivity contribution in [2.24, 2.45) is 0 Å². The molecule has 0 amide bonds. The third-order valence-corrected chi connectivity index (χ3v) is 7.15. The third kappa shape index (κ3) is 5.64. The molecule has 3 N–H and O–H groups in total. The maximum atomic E-state index is 12.5. The van der Waals surface area contributed by atoms with Gasteiger partial charge in [-0.1, -0.05) is 23.2 Å². The van der Waals surface area contributed by atoms with Crippen LogP contribution in [-0.4, -0.2) is 42.4 Å². The Bertz CT molecular complexity index is 1230. The highest BCUT2D eigenvalue weighted by atomic mass is 35.5. The van der Waals surface area contributed by atoms with Crippen LogP contribution in [0.4, 0.5) is 11.5 Å². The SMILES string of the molecule is COCCc1nc2c(N)nc(C)c(C)c2n1CCCCS(=O)(=O)Nc1ccc(Cl)cc1Cl. The number of pyridine rings is 1. The number of methoxy groups -OCH3 is 1. The lowest BCUT2D eigenvalue weighted by molar-refractivity contribution is 0.199. The molecule has 0 atom stereocenters. The van der Waals surface area contributed by atoms with Crippen molar-refractivity contribution in [2.75, 3.05) is 29.9 Å². The van der Waals surface area contributed by atoms with Crippen LogP contribution < -0.4 is 10.5 Å². The van der Waals surface area contributed by atoms with E-state index in [4.69, 9.17) is 38.7 Å². The van der Waals surface area contributed by atoms with Crippen LogP contribution >= 0.6 is 23.2 Å². The summed E-state index contributed by atoms with van der Waals surface area (Å²) in [5.74, 6) is 1.21. The zero-order valence-corrected chi connectivity index (χ0v) is 20.6. The highest BCUT2D eigenvalue weighted by Crippen LogP contribution is 2.28. The number of aryl methyl sites for hydroxylation is 3. The fraction of sp³-hybridized carbons (Fsp3) is 0.429. The molecule has 11 heteroatoms. The summed E-state index contributed by atoms with van der Waals surface area (Å²) in [5, 5.41) is 0.696. The molecule has 0 spiro atoms. The van der Waals surface area contributed by atoms with Gasteiger partial charge in [-0.2, -0.15) is 0 Å². The number of halogens is 2. The zero-order valence-electron chi connectivity index (χ0n) is 18.3. The predicted molar refractivity (Wildman–Crippen MR) is 130 cm³/mol. The molecule has 0 unspecified atom stereocenters. The van der Waals surface area contributed by atoms with E-state index >= 15 is 0 Å². The molecule has 8 nitrogen and oxygen atoms in total. The molecule has 2 heterocycles. The van der Waals surface area contributed by atoms with Crippen molar-refractivity contribution in [1.29, 1.82) is 0 Å². The average Bonchev–Trinajstić information content (AvgIpc) is 3.09. The third-order valence-electron chi connectivity index (χ3n) is 5.25. The summed E-state index contributed by atoms with van der Waals surface area (Å²) in [5.41, 5.74) is 9.90. The number of anilines is 2. The van der Waals surface area contributed by atoms with Crippen LogP contribution in [0.15, 0.2) is 18.2 Å². The van der Waals surface area contributed by atoms with E-state index in [1.54, 1.807) is 19.2 Å². The van der Waals surface area contributed by atoms with Crippen molar-refractivity contribution in [2.45, 2.75) is 39.7 Å². The van der Waals surface area contributed by atoms with E-state index in [0.29, 0.717) is 54.5 Å². The fourth-order valence-corrected chi connectivity index (χ4v) is 5.24. The van der Waals surface area contributed by atoms with Gasteiger partial charge in [-0.25, -0.2) is 18.4 Å². The highest BCUT2D eigenvalue weighted by molar-refractivity contribution is 7.92. The molecule has 0 saturated carbocycles. The standard InChI is InChI=1S/C21H27Cl2N5O3S/c1-13-14(2)25-21(24)19-20(13)28(18(26-19)8-10-31-3)9-4-5-11-32(29,30)27-17-7-6-15(22)12-16(17)23/h6-7,12,27H,4-5,8-11H2,1-3H3,(H2,24,25). The molecule has 0 aliphatic heterocycles. The number of ether oxygens (including phenoxy) is 1. The van der Waals surface area contributed by atoms with Crippen LogP contribution in [0.25, 0.3) is 11.0 Å². The first kappa shape index (κ1) is 24.6. The number of nitrogens with one attached hydrogen (secondary N) is 1. The lowest BCUT2D eigenvalue weighted by Gasteiger charge is -2.13. The Morgan fingerprint density at radius 3 is 2.62 bits per heavy atom. The fourth-order valence-electron chi connectivity index (χ4n) is 3.52. The second kappa shape index (κ2) is 10.2. The van der Waals surface area contributed by atoms with Crippen LogP contribution in [0.1, 0.15) is 29.9 Å². The van der Waals surface area contributed by atoms with Gasteiger partial charge in [-0.3, -0.25) is 4.72 Å². The van der Waals surface area contributed by atoms with E-state index in [1.165, 1.54) is 6.07 Å². The molecule has 1 aromatic carbocycles. The van der Waals surface area contributed by atoms with E-state index in [-0.39, 0.29) is 10.8 Å². The van der Waals surface area contributed by atoms with E-state index in [1.807, 2.05) is 13.8 Å². The molecular formula is C21H27Cl2N5O3S. The summed E-state index contributed by atoms with van der Waals surface area (Å²) in [6.45, 7) is 5.04. The lowest BCUT2D eigenvalue weighted by Crippen LogP contribution is -2.17. The summed E-state index contributed by atoms with van der Waals surface area (Å²) in [4.78, 5) is 9.07. The van der Waals surface area contributed by atoms with Crippen molar-refractivity contribution in [3.63, 3.8) is 0 Å². The first-order valence-electron chi connectivity index (χ1n) is 10.2. The second-order valence-electron chi connectivity index (χ2n) is 7.58. The van der Waals surface area contributed by atoms with Gasteiger partial charge in [0.05, 0.1) is 28.6 Å². The molecule has 32 heavy (non-hydrogen) atoms. The number of nitrogens with zero attached hydrogens (tertiary/aromatic N) is 3.